The lowest BCUT2D eigenvalue weighted by Crippen LogP contribution is -2.47. The lowest BCUT2D eigenvalue weighted by molar-refractivity contribution is -0.140. The van der Waals surface area contributed by atoms with E-state index in [0.29, 0.717) is 5.82 Å². The summed E-state index contributed by atoms with van der Waals surface area (Å²) in [6.07, 6.45) is 2.43. The molecule has 3 atom stereocenters. The van der Waals surface area contributed by atoms with E-state index in [-0.39, 0.29) is 24.4 Å². The number of primary amides is 1. The number of urea groups is 1. The Bertz CT molecular complexity index is 624. The molecular weight excluding hydrogens is 388 g/mol. The zero-order chi connectivity index (χ0) is 21.7. The van der Waals surface area contributed by atoms with Gasteiger partial charge < -0.3 is 31.7 Å². The summed E-state index contributed by atoms with van der Waals surface area (Å²) >= 11 is 1.86. The molecule has 0 fully saturated rings. The molecule has 1 aromatic rings. The van der Waals surface area contributed by atoms with E-state index in [1.165, 1.54) is 5.75 Å². The van der Waals surface area contributed by atoms with E-state index >= 15 is 0 Å². The number of carbonyl (C=O) groups is 3. The van der Waals surface area contributed by atoms with Gasteiger partial charge in [0.05, 0.1) is 19.0 Å². The fourth-order valence-electron chi connectivity index (χ4n) is 1.75. The van der Waals surface area contributed by atoms with Crippen molar-refractivity contribution in [2.45, 2.75) is 52.2 Å². The highest BCUT2D eigenvalue weighted by Gasteiger charge is 2.23. The van der Waals surface area contributed by atoms with Gasteiger partial charge >= 0.3 is 12.0 Å². The van der Waals surface area contributed by atoms with E-state index in [2.05, 4.69) is 34.0 Å². The Morgan fingerprint density at radius 3 is 2.39 bits per heavy atom. The Kier molecular flexibility index (Phi) is 12.6. The van der Waals surface area contributed by atoms with Crippen molar-refractivity contribution in [1.82, 2.24) is 20.8 Å². The van der Waals surface area contributed by atoms with Gasteiger partial charge in [0, 0.05) is 0 Å². The molecule has 3 unspecified atom stereocenters. The molecule has 0 aromatic carbocycles. The van der Waals surface area contributed by atoms with E-state index in [4.69, 9.17) is 21.1 Å². The summed E-state index contributed by atoms with van der Waals surface area (Å²) in [5, 5.41) is 17.1. The van der Waals surface area contributed by atoms with Gasteiger partial charge in [0.1, 0.15) is 6.04 Å². The van der Waals surface area contributed by atoms with Crippen LogP contribution < -0.4 is 22.1 Å². The van der Waals surface area contributed by atoms with Crippen molar-refractivity contribution >= 4 is 29.7 Å². The minimum Gasteiger partial charge on any atom is -0.480 e. The molecule has 0 aliphatic heterocycles. The molecule has 1 rings (SSSR count). The average molecular weight is 419 g/mol. The number of nitrogens with zero attached hydrogens (tertiary/aromatic N) is 2. The standard InChI is InChI=1S/C13H22N6O5.C3H8S/c1-3-6(2)10(15)11-18-9(24-19-11)5-16-13(23)17-7(12(21)22)4-8(14)20;1-3-4-2/h6-7,10H,3-5,15H2,1-2H3,(H2,14,20)(H,21,22)(H2,16,17,23);3H2,1-2H3. The lowest BCUT2D eigenvalue weighted by atomic mass is 10.00. The Labute approximate surface area is 168 Å². The van der Waals surface area contributed by atoms with Gasteiger partial charge in [-0.15, -0.1) is 0 Å². The van der Waals surface area contributed by atoms with Crippen LogP contribution in [0, 0.1) is 5.92 Å². The molecule has 0 saturated heterocycles. The largest absolute Gasteiger partial charge is 0.480 e. The first kappa shape index (κ1) is 25.7. The number of carboxylic acid groups (broad SMARTS) is 1. The van der Waals surface area contributed by atoms with Gasteiger partial charge in [-0.2, -0.15) is 16.7 Å². The normalized spacial score (nSPS) is 13.5. The Hall–Kier alpha value is -2.34. The number of amides is 3. The number of carboxylic acids is 1. The molecule has 7 N–H and O–H groups in total. The average Bonchev–Trinajstić information content (AvgIpc) is 3.13. The van der Waals surface area contributed by atoms with E-state index < -0.39 is 30.4 Å². The first-order chi connectivity index (χ1) is 13.2. The van der Waals surface area contributed by atoms with Crippen LogP contribution in [0.25, 0.3) is 0 Å². The van der Waals surface area contributed by atoms with Crippen LogP contribution >= 0.6 is 11.8 Å². The van der Waals surface area contributed by atoms with Gasteiger partial charge in [0.15, 0.2) is 5.82 Å². The number of carbonyl (C=O) groups excluding carboxylic acids is 2. The van der Waals surface area contributed by atoms with Crippen molar-refractivity contribution in [3.8, 4) is 0 Å². The second kappa shape index (κ2) is 13.8. The summed E-state index contributed by atoms with van der Waals surface area (Å²) in [6, 6.07) is -2.61. The molecule has 0 aliphatic rings. The number of hydrogen-bond acceptors (Lipinski definition) is 8. The van der Waals surface area contributed by atoms with E-state index in [0.717, 1.165) is 6.42 Å². The maximum absolute atomic E-state index is 11.7. The van der Waals surface area contributed by atoms with Crippen LogP contribution in [0.5, 0.6) is 0 Å². The Morgan fingerprint density at radius 1 is 1.32 bits per heavy atom. The molecule has 1 heterocycles. The smallest absolute Gasteiger partial charge is 0.326 e. The number of thioether (sulfide) groups is 1. The van der Waals surface area contributed by atoms with Gasteiger partial charge in [-0.05, 0) is 17.9 Å². The molecule has 0 spiro atoms. The number of nitrogens with one attached hydrogen (secondary N) is 2. The van der Waals surface area contributed by atoms with E-state index in [9.17, 15) is 14.4 Å². The number of rotatable bonds is 10. The van der Waals surface area contributed by atoms with Crippen molar-refractivity contribution in [2.24, 2.45) is 17.4 Å². The summed E-state index contributed by atoms with van der Waals surface area (Å²) in [5.41, 5.74) is 10.9. The van der Waals surface area contributed by atoms with E-state index in [1.54, 1.807) is 0 Å². The quantitative estimate of drug-likeness (QED) is 0.363. The third kappa shape index (κ3) is 10.1. The summed E-state index contributed by atoms with van der Waals surface area (Å²) < 4.78 is 4.97. The Morgan fingerprint density at radius 2 is 1.93 bits per heavy atom. The van der Waals surface area contributed by atoms with Crippen molar-refractivity contribution in [3.63, 3.8) is 0 Å². The molecule has 0 radical (unpaired) electrons. The maximum Gasteiger partial charge on any atom is 0.326 e. The topological polar surface area (TPSA) is 186 Å². The molecule has 160 valence electrons. The van der Waals surface area contributed by atoms with Gasteiger partial charge in [0.2, 0.25) is 11.8 Å². The second-order valence-corrected chi connectivity index (χ2v) is 7.08. The first-order valence-corrected chi connectivity index (χ1v) is 10.2. The van der Waals surface area contributed by atoms with Crippen LogP contribution in [0.2, 0.25) is 0 Å². The fourth-order valence-corrected chi connectivity index (χ4v) is 1.75. The molecule has 0 saturated carbocycles. The van der Waals surface area contributed by atoms with Crippen LogP contribution in [-0.4, -0.2) is 51.2 Å². The lowest BCUT2D eigenvalue weighted by Gasteiger charge is -2.13. The molecule has 1 aromatic heterocycles. The Balaban J connectivity index is 0.00000165. The highest BCUT2D eigenvalue weighted by atomic mass is 32.2. The van der Waals surface area contributed by atoms with Crippen molar-refractivity contribution in [1.29, 1.82) is 0 Å². The van der Waals surface area contributed by atoms with E-state index in [1.807, 2.05) is 25.6 Å². The van der Waals surface area contributed by atoms with Crippen LogP contribution in [0.3, 0.4) is 0 Å². The van der Waals surface area contributed by atoms with Crippen LogP contribution in [0.1, 0.15) is 51.4 Å². The molecule has 3 amide bonds. The zero-order valence-electron chi connectivity index (χ0n) is 16.6. The minimum absolute atomic E-state index is 0.116. The predicted octanol–water partition coefficient (Wildman–Crippen LogP) is 0.613. The SMILES string of the molecule is CCC(C)C(N)c1noc(CNC(=O)NC(CC(N)=O)C(=O)O)n1.CCSC. The summed E-state index contributed by atoms with van der Waals surface area (Å²) in [7, 11) is 0. The molecule has 11 nitrogen and oxygen atoms in total. The highest BCUT2D eigenvalue weighted by molar-refractivity contribution is 7.98. The van der Waals surface area contributed by atoms with Crippen molar-refractivity contribution in [3.05, 3.63) is 11.7 Å². The van der Waals surface area contributed by atoms with Gasteiger partial charge in [-0.1, -0.05) is 32.3 Å². The van der Waals surface area contributed by atoms with Gasteiger partial charge in [0.25, 0.3) is 0 Å². The molecule has 0 bridgehead atoms. The number of hydrogen-bond donors (Lipinski definition) is 5. The molecule has 12 heteroatoms. The fraction of sp³-hybridized carbons (Fsp3) is 0.688. The molecular formula is C16H30N6O5S. The summed E-state index contributed by atoms with van der Waals surface area (Å²) in [6.45, 7) is 5.97. The van der Waals surface area contributed by atoms with Crippen molar-refractivity contribution in [2.75, 3.05) is 12.0 Å². The molecule has 28 heavy (non-hydrogen) atoms. The molecule has 0 aliphatic carbocycles. The summed E-state index contributed by atoms with van der Waals surface area (Å²) in [4.78, 5) is 37.4. The zero-order valence-corrected chi connectivity index (χ0v) is 17.4. The number of aromatic nitrogens is 2. The minimum atomic E-state index is -1.42. The van der Waals surface area contributed by atoms with Gasteiger partial charge in [-0.25, -0.2) is 9.59 Å². The number of nitrogens with two attached hydrogens (primary N) is 2. The van der Waals surface area contributed by atoms with Gasteiger partial charge in [-0.3, -0.25) is 4.79 Å². The third-order valence-corrected chi connectivity index (χ3v) is 4.31. The van der Waals surface area contributed by atoms with Crippen molar-refractivity contribution < 1.29 is 24.0 Å². The number of aliphatic carboxylic acids is 1. The predicted molar refractivity (Wildman–Crippen MR) is 105 cm³/mol. The van der Waals surface area contributed by atoms with Crippen LogP contribution in [0.15, 0.2) is 4.52 Å². The van der Waals surface area contributed by atoms with Crippen LogP contribution in [0.4, 0.5) is 4.79 Å². The maximum atomic E-state index is 11.7. The third-order valence-electron chi connectivity index (χ3n) is 3.74. The van der Waals surface area contributed by atoms with Crippen LogP contribution in [-0.2, 0) is 16.1 Å². The second-order valence-electron chi connectivity index (χ2n) is 5.92. The first-order valence-electron chi connectivity index (χ1n) is 8.78. The summed E-state index contributed by atoms with van der Waals surface area (Å²) in [5.74, 6) is -0.358. The monoisotopic (exact) mass is 418 g/mol. The highest BCUT2D eigenvalue weighted by Crippen LogP contribution is 2.18.